The second kappa shape index (κ2) is 7.93. The Morgan fingerprint density at radius 3 is 1.38 bits per heavy atom. The van der Waals surface area contributed by atoms with Crippen LogP contribution < -0.4 is 0 Å². The van der Waals surface area contributed by atoms with Crippen LogP contribution >= 0.6 is 58.5 Å². The summed E-state index contributed by atoms with van der Waals surface area (Å²) < 4.78 is -0.499. The molecule has 0 N–H and O–H groups in total. The third-order valence-electron chi connectivity index (χ3n) is 1.46. The van der Waals surface area contributed by atoms with E-state index in [0.29, 0.717) is 15.7 Å². The van der Waals surface area contributed by atoms with Crippen molar-refractivity contribution in [2.75, 3.05) is 0 Å². The molecule has 0 aromatic carbocycles. The Morgan fingerprint density at radius 2 is 1.12 bits per heavy atom. The highest BCUT2D eigenvalue weighted by molar-refractivity contribution is 8.19. The van der Waals surface area contributed by atoms with Crippen molar-refractivity contribution in [2.24, 2.45) is 0 Å². The van der Waals surface area contributed by atoms with Gasteiger partial charge in [-0.2, -0.15) is 0 Å². The molecular weight excluding hydrogens is 299 g/mol. The third kappa shape index (κ3) is 7.86. The van der Waals surface area contributed by atoms with E-state index in [-0.39, 0.29) is 4.58 Å². The van der Waals surface area contributed by atoms with E-state index in [0.717, 1.165) is 0 Å². The largest absolute Gasteiger partial charge is 0.184 e. The van der Waals surface area contributed by atoms with Gasteiger partial charge < -0.3 is 0 Å². The first-order valence-corrected chi connectivity index (χ1v) is 9.03. The Labute approximate surface area is 123 Å². The zero-order valence-corrected chi connectivity index (χ0v) is 14.8. The Bertz CT molecular complexity index is 184. The van der Waals surface area contributed by atoms with E-state index in [2.05, 4.69) is 41.5 Å². The minimum Gasteiger partial charge on any atom is -0.141 e. The lowest BCUT2D eigenvalue weighted by atomic mass is 10.6. The first-order valence-electron chi connectivity index (χ1n) is 5.51. The molecule has 0 aliphatic carbocycles. The van der Waals surface area contributed by atoms with Gasteiger partial charge in [0.2, 0.25) is 0 Å². The molecule has 16 heavy (non-hydrogen) atoms. The van der Waals surface area contributed by atoms with Gasteiger partial charge in [0.15, 0.2) is 3.67 Å². The SMILES string of the molecule is CC(C)SC(SC(C)C)C(Cl)(Cl)SC(C)C. The highest BCUT2D eigenvalue weighted by Gasteiger charge is 2.38. The van der Waals surface area contributed by atoms with Crippen LogP contribution in [0.2, 0.25) is 0 Å². The molecular formula is C11H22Cl2S3. The summed E-state index contributed by atoms with van der Waals surface area (Å²) in [6.45, 7) is 13.0. The molecule has 5 heteroatoms. The number of hydrogen-bond donors (Lipinski definition) is 0. The van der Waals surface area contributed by atoms with Gasteiger partial charge in [0.05, 0.1) is 4.58 Å². The summed E-state index contributed by atoms with van der Waals surface area (Å²) >= 11 is 18.3. The van der Waals surface area contributed by atoms with Crippen molar-refractivity contribution in [3.05, 3.63) is 0 Å². The normalized spacial score (nSPS) is 13.5. The second-order valence-electron chi connectivity index (χ2n) is 4.43. The fourth-order valence-electron chi connectivity index (χ4n) is 1.05. The summed E-state index contributed by atoms with van der Waals surface area (Å²) in [5.74, 6) is 0. The third-order valence-corrected chi connectivity index (χ3v) is 7.22. The summed E-state index contributed by atoms with van der Waals surface area (Å²) in [5.41, 5.74) is 0. The first-order chi connectivity index (χ1) is 7.15. The number of hydrogen-bond acceptors (Lipinski definition) is 3. The molecule has 0 radical (unpaired) electrons. The molecule has 0 aliphatic rings. The van der Waals surface area contributed by atoms with Gasteiger partial charge in [-0.3, -0.25) is 0 Å². The van der Waals surface area contributed by atoms with Crippen LogP contribution in [-0.2, 0) is 0 Å². The standard InChI is InChI=1S/C11H22Cl2S3/c1-7(2)14-10(15-8(3)4)11(12,13)16-9(5)6/h7-10H,1-6H3. The van der Waals surface area contributed by atoms with Crippen LogP contribution in [0, 0.1) is 0 Å². The molecule has 98 valence electrons. The predicted octanol–water partition coefficient (Wildman–Crippen LogP) is 5.87. The van der Waals surface area contributed by atoms with Gasteiger partial charge in [-0.15, -0.1) is 35.3 Å². The number of thioether (sulfide) groups is 3. The molecule has 0 unspecified atom stereocenters. The van der Waals surface area contributed by atoms with Crippen molar-refractivity contribution < 1.29 is 0 Å². The summed E-state index contributed by atoms with van der Waals surface area (Å²) in [4.78, 5) is 0. The molecule has 0 saturated carbocycles. The van der Waals surface area contributed by atoms with E-state index in [1.807, 2.05) is 23.5 Å². The maximum absolute atomic E-state index is 6.47. The summed E-state index contributed by atoms with van der Waals surface area (Å²) in [7, 11) is 0. The molecule has 0 amide bonds. The Hall–Kier alpha value is 1.63. The van der Waals surface area contributed by atoms with Crippen LogP contribution in [0.25, 0.3) is 0 Å². The van der Waals surface area contributed by atoms with Crippen LogP contribution in [-0.4, -0.2) is 24.0 Å². The van der Waals surface area contributed by atoms with Crippen molar-refractivity contribution in [3.8, 4) is 0 Å². The lowest BCUT2D eigenvalue weighted by Crippen LogP contribution is -2.26. The lowest BCUT2D eigenvalue weighted by molar-refractivity contribution is 1.05. The van der Waals surface area contributed by atoms with Crippen molar-refractivity contribution in [1.82, 2.24) is 0 Å². The van der Waals surface area contributed by atoms with Crippen molar-refractivity contribution in [2.45, 2.75) is 65.5 Å². The van der Waals surface area contributed by atoms with E-state index < -0.39 is 3.67 Å². The second-order valence-corrected chi connectivity index (χ2v) is 11.8. The maximum atomic E-state index is 6.47. The minimum atomic E-state index is -0.710. The summed E-state index contributed by atoms with van der Waals surface area (Å²) in [5, 5.41) is 1.53. The van der Waals surface area contributed by atoms with Crippen LogP contribution in [0.1, 0.15) is 41.5 Å². The Balaban J connectivity index is 4.57. The predicted molar refractivity (Wildman–Crippen MR) is 86.4 cm³/mol. The van der Waals surface area contributed by atoms with Crippen molar-refractivity contribution in [3.63, 3.8) is 0 Å². The molecule has 0 spiro atoms. The molecule has 0 aromatic rings. The highest BCUT2D eigenvalue weighted by Crippen LogP contribution is 2.51. The molecule has 0 nitrogen and oxygen atoms in total. The maximum Gasteiger partial charge on any atom is 0.184 e. The highest BCUT2D eigenvalue weighted by atomic mass is 35.5. The van der Waals surface area contributed by atoms with E-state index in [4.69, 9.17) is 23.2 Å². The fourth-order valence-corrected chi connectivity index (χ4v) is 7.04. The van der Waals surface area contributed by atoms with Crippen LogP contribution in [0.15, 0.2) is 0 Å². The molecule has 0 bridgehead atoms. The van der Waals surface area contributed by atoms with Gasteiger partial charge in [-0.1, -0.05) is 64.7 Å². The minimum absolute atomic E-state index is 0.211. The smallest absolute Gasteiger partial charge is 0.141 e. The first kappa shape index (κ1) is 17.6. The van der Waals surface area contributed by atoms with Crippen molar-refractivity contribution in [1.29, 1.82) is 0 Å². The zero-order chi connectivity index (χ0) is 12.9. The van der Waals surface area contributed by atoms with E-state index in [9.17, 15) is 0 Å². The van der Waals surface area contributed by atoms with Gasteiger partial charge in [0, 0.05) is 15.7 Å². The van der Waals surface area contributed by atoms with E-state index >= 15 is 0 Å². The zero-order valence-electron chi connectivity index (χ0n) is 10.8. The fraction of sp³-hybridized carbons (Fsp3) is 1.00. The van der Waals surface area contributed by atoms with Crippen molar-refractivity contribution >= 4 is 58.5 Å². The molecule has 0 atom stereocenters. The molecule has 0 rings (SSSR count). The van der Waals surface area contributed by atoms with Gasteiger partial charge in [-0.05, 0) is 0 Å². The molecule has 0 aliphatic heterocycles. The lowest BCUT2D eigenvalue weighted by Gasteiger charge is -2.32. The molecule has 0 heterocycles. The van der Waals surface area contributed by atoms with Gasteiger partial charge >= 0.3 is 0 Å². The average molecular weight is 321 g/mol. The average Bonchev–Trinajstić information content (AvgIpc) is 1.98. The number of halogens is 2. The van der Waals surface area contributed by atoms with Gasteiger partial charge in [0.1, 0.15) is 0 Å². The topological polar surface area (TPSA) is 0 Å². The van der Waals surface area contributed by atoms with Crippen LogP contribution in [0.3, 0.4) is 0 Å². The summed E-state index contributed by atoms with van der Waals surface area (Å²) in [6, 6.07) is 0. The van der Waals surface area contributed by atoms with Crippen LogP contribution in [0.5, 0.6) is 0 Å². The van der Waals surface area contributed by atoms with Crippen LogP contribution in [0.4, 0.5) is 0 Å². The Morgan fingerprint density at radius 1 is 0.750 bits per heavy atom. The van der Waals surface area contributed by atoms with E-state index in [1.165, 1.54) is 0 Å². The summed E-state index contributed by atoms with van der Waals surface area (Å²) in [6.07, 6.45) is 0. The molecule has 0 aromatic heterocycles. The monoisotopic (exact) mass is 320 g/mol. The number of rotatable bonds is 7. The van der Waals surface area contributed by atoms with Gasteiger partial charge in [-0.25, -0.2) is 0 Å². The van der Waals surface area contributed by atoms with Gasteiger partial charge in [0.25, 0.3) is 0 Å². The number of alkyl halides is 2. The Kier molecular flexibility index (Phi) is 8.74. The molecule has 0 fully saturated rings. The molecule has 0 saturated heterocycles. The van der Waals surface area contributed by atoms with E-state index in [1.54, 1.807) is 11.8 Å². The quantitative estimate of drug-likeness (QED) is 0.425.